The lowest BCUT2D eigenvalue weighted by Gasteiger charge is -2.38. The fraction of sp³-hybridized carbons (Fsp3) is 0.0175. The van der Waals surface area contributed by atoms with Gasteiger partial charge in [-0.25, -0.2) is 0 Å². The van der Waals surface area contributed by atoms with Crippen LogP contribution in [0, 0.1) is 0 Å². The fourth-order valence-corrected chi connectivity index (χ4v) is 10.2. The Balaban J connectivity index is 1.21. The van der Waals surface area contributed by atoms with Gasteiger partial charge in [0.2, 0.25) is 0 Å². The molecule has 0 N–H and O–H groups in total. The highest BCUT2D eigenvalue weighted by Crippen LogP contribution is 2.57. The Morgan fingerprint density at radius 1 is 0.339 bits per heavy atom. The summed E-state index contributed by atoms with van der Waals surface area (Å²) in [4.78, 5) is 2.50. The van der Waals surface area contributed by atoms with Crippen LogP contribution in [0.3, 0.4) is 0 Å². The summed E-state index contributed by atoms with van der Waals surface area (Å²) >= 11 is 0. The van der Waals surface area contributed by atoms with Gasteiger partial charge in [-0.05, 0) is 85.4 Å². The molecule has 0 unspecified atom stereocenters. The molecule has 0 bridgehead atoms. The van der Waals surface area contributed by atoms with Gasteiger partial charge in [-0.1, -0.05) is 200 Å². The first-order valence-electron chi connectivity index (χ1n) is 20.4. The zero-order chi connectivity index (χ0) is 38.9. The van der Waals surface area contributed by atoms with Crippen molar-refractivity contribution in [2.24, 2.45) is 0 Å². The van der Waals surface area contributed by atoms with Crippen LogP contribution in [-0.2, 0) is 5.54 Å². The molecule has 0 spiro atoms. The molecule has 0 atom stereocenters. The molecular formula is C57H38N2. The summed E-state index contributed by atoms with van der Waals surface area (Å²) in [6.07, 6.45) is 0. The van der Waals surface area contributed by atoms with Gasteiger partial charge in [0.15, 0.2) is 0 Å². The Hall–Kier alpha value is -7.68. The van der Waals surface area contributed by atoms with Crippen molar-refractivity contribution >= 4 is 60.4 Å². The first-order chi connectivity index (χ1) is 29.3. The van der Waals surface area contributed by atoms with E-state index in [1.165, 1.54) is 82.3 Å². The highest BCUT2D eigenvalue weighted by Gasteiger charge is 2.48. The van der Waals surface area contributed by atoms with Crippen LogP contribution in [0.4, 0.5) is 17.1 Å². The average Bonchev–Trinajstić information content (AvgIpc) is 3.81. The third-order valence-corrected chi connectivity index (χ3v) is 12.6. The summed E-state index contributed by atoms with van der Waals surface area (Å²) in [7, 11) is 0. The Kier molecular flexibility index (Phi) is 7.48. The van der Waals surface area contributed by atoms with Gasteiger partial charge in [0.1, 0.15) is 5.54 Å². The first kappa shape index (κ1) is 33.5. The molecule has 1 aromatic heterocycles. The lowest BCUT2D eigenvalue weighted by atomic mass is 9.80. The molecule has 11 aromatic rings. The second-order valence-corrected chi connectivity index (χ2v) is 15.6. The summed E-state index contributed by atoms with van der Waals surface area (Å²) in [6.45, 7) is 0. The van der Waals surface area contributed by atoms with E-state index in [0.717, 1.165) is 17.1 Å². The molecule has 1 aliphatic carbocycles. The molecule has 0 saturated heterocycles. The predicted octanol–water partition coefficient (Wildman–Crippen LogP) is 15.1. The van der Waals surface area contributed by atoms with Gasteiger partial charge < -0.3 is 9.47 Å². The van der Waals surface area contributed by atoms with Gasteiger partial charge in [0.25, 0.3) is 0 Å². The van der Waals surface area contributed by atoms with E-state index < -0.39 is 5.54 Å². The van der Waals surface area contributed by atoms with Crippen molar-refractivity contribution in [3.8, 4) is 22.3 Å². The van der Waals surface area contributed by atoms with Gasteiger partial charge in [0, 0.05) is 21.8 Å². The SMILES string of the molecule is c1ccc(C2(n3c4ccccc4c4cccc(N(c5ccc(-c6cccc7ccccc67)cc5)c5cccc6ccccc56)c43)c3ccccc3-c3ccccc32)cc1. The van der Waals surface area contributed by atoms with Gasteiger partial charge in [-0.2, -0.15) is 0 Å². The van der Waals surface area contributed by atoms with Crippen LogP contribution < -0.4 is 4.90 Å². The number of rotatable bonds is 6. The fourth-order valence-electron chi connectivity index (χ4n) is 10.2. The van der Waals surface area contributed by atoms with Gasteiger partial charge >= 0.3 is 0 Å². The smallest absolute Gasteiger partial charge is 0.122 e. The number of benzene rings is 10. The number of anilines is 3. The van der Waals surface area contributed by atoms with E-state index >= 15 is 0 Å². The highest BCUT2D eigenvalue weighted by atomic mass is 15.2. The Bertz CT molecular complexity index is 3340. The molecule has 2 heteroatoms. The van der Waals surface area contributed by atoms with Crippen molar-refractivity contribution in [1.29, 1.82) is 0 Å². The third-order valence-electron chi connectivity index (χ3n) is 12.6. The maximum absolute atomic E-state index is 2.68. The molecule has 276 valence electrons. The van der Waals surface area contributed by atoms with Crippen LogP contribution in [0.2, 0.25) is 0 Å². The molecule has 0 aliphatic heterocycles. The van der Waals surface area contributed by atoms with Crippen molar-refractivity contribution in [2.45, 2.75) is 5.54 Å². The zero-order valence-corrected chi connectivity index (χ0v) is 32.3. The second kappa shape index (κ2) is 13.2. The van der Waals surface area contributed by atoms with Gasteiger partial charge in [0.05, 0.1) is 22.4 Å². The number of hydrogen-bond acceptors (Lipinski definition) is 1. The molecule has 0 radical (unpaired) electrons. The quantitative estimate of drug-likeness (QED) is 0.164. The maximum atomic E-state index is 2.68. The molecule has 1 heterocycles. The first-order valence-corrected chi connectivity index (χ1v) is 20.4. The molecule has 0 fully saturated rings. The van der Waals surface area contributed by atoms with Crippen molar-refractivity contribution < 1.29 is 0 Å². The largest absolute Gasteiger partial charge is 0.320 e. The highest BCUT2D eigenvalue weighted by molar-refractivity contribution is 6.15. The molecule has 12 rings (SSSR count). The standard InChI is InChI=1S/C57H38N2/c1-2-21-42(22-3-1)57(51-30-11-8-25-47(51)48-26-9-12-31-52(48)57)59-54-32-13-10-27-49(54)50-29-16-34-55(56(50)59)58(53-33-15-20-40-18-5-7-24-46(40)53)43-37-35-41(36-38-43)45-28-14-19-39-17-4-6-23-44(39)45/h1-38H. The normalized spacial score (nSPS) is 12.9. The second-order valence-electron chi connectivity index (χ2n) is 15.6. The van der Waals surface area contributed by atoms with Crippen LogP contribution in [-0.4, -0.2) is 4.57 Å². The number of para-hydroxylation sites is 2. The van der Waals surface area contributed by atoms with E-state index in [1.54, 1.807) is 0 Å². The van der Waals surface area contributed by atoms with E-state index in [4.69, 9.17) is 0 Å². The molecule has 0 saturated carbocycles. The minimum absolute atomic E-state index is 0.672. The summed E-state index contributed by atoms with van der Waals surface area (Å²) in [5.74, 6) is 0. The van der Waals surface area contributed by atoms with E-state index in [-0.39, 0.29) is 0 Å². The maximum Gasteiger partial charge on any atom is 0.122 e. The lowest BCUT2D eigenvalue weighted by Crippen LogP contribution is -2.36. The lowest BCUT2D eigenvalue weighted by molar-refractivity contribution is 0.564. The van der Waals surface area contributed by atoms with E-state index in [9.17, 15) is 0 Å². The van der Waals surface area contributed by atoms with Crippen molar-refractivity contribution in [3.63, 3.8) is 0 Å². The summed E-state index contributed by atoms with van der Waals surface area (Å²) in [5, 5.41) is 7.34. The summed E-state index contributed by atoms with van der Waals surface area (Å²) in [5.41, 5.74) is 13.8. The van der Waals surface area contributed by atoms with Crippen LogP contribution in [0.15, 0.2) is 231 Å². The van der Waals surface area contributed by atoms with Crippen LogP contribution in [0.5, 0.6) is 0 Å². The molecule has 0 amide bonds. The minimum atomic E-state index is -0.672. The number of nitrogens with zero attached hydrogens (tertiary/aromatic N) is 2. The topological polar surface area (TPSA) is 8.17 Å². The van der Waals surface area contributed by atoms with Gasteiger partial charge in [-0.15, -0.1) is 0 Å². The zero-order valence-electron chi connectivity index (χ0n) is 32.3. The average molecular weight is 751 g/mol. The molecule has 59 heavy (non-hydrogen) atoms. The number of hydrogen-bond donors (Lipinski definition) is 0. The van der Waals surface area contributed by atoms with E-state index in [1.807, 2.05) is 0 Å². The van der Waals surface area contributed by atoms with Gasteiger partial charge in [-0.3, -0.25) is 0 Å². The Labute approximate surface area is 343 Å². The minimum Gasteiger partial charge on any atom is -0.320 e. The van der Waals surface area contributed by atoms with Crippen molar-refractivity contribution in [2.75, 3.05) is 4.90 Å². The monoisotopic (exact) mass is 750 g/mol. The van der Waals surface area contributed by atoms with E-state index in [2.05, 4.69) is 240 Å². The Morgan fingerprint density at radius 2 is 0.847 bits per heavy atom. The third kappa shape index (κ3) is 4.87. The molecule has 10 aromatic carbocycles. The number of fused-ring (bicyclic) bond motifs is 8. The van der Waals surface area contributed by atoms with Crippen LogP contribution in [0.1, 0.15) is 16.7 Å². The summed E-state index contributed by atoms with van der Waals surface area (Å²) < 4.78 is 2.68. The van der Waals surface area contributed by atoms with Crippen molar-refractivity contribution in [3.05, 3.63) is 247 Å². The van der Waals surface area contributed by atoms with Crippen LogP contribution >= 0.6 is 0 Å². The summed E-state index contributed by atoms with van der Waals surface area (Å²) in [6, 6.07) is 85.0. The molecule has 1 aliphatic rings. The van der Waals surface area contributed by atoms with Crippen LogP contribution in [0.25, 0.3) is 65.6 Å². The van der Waals surface area contributed by atoms with Crippen molar-refractivity contribution in [1.82, 2.24) is 4.57 Å². The Morgan fingerprint density at radius 3 is 1.59 bits per heavy atom. The molecule has 2 nitrogen and oxygen atoms in total. The number of aromatic nitrogens is 1. The molecular weight excluding hydrogens is 713 g/mol. The van der Waals surface area contributed by atoms with E-state index in [0.29, 0.717) is 0 Å². The predicted molar refractivity (Wildman–Crippen MR) is 248 cm³/mol.